The van der Waals surface area contributed by atoms with Gasteiger partial charge in [-0.1, -0.05) is 0 Å². The number of nitrogens with zero attached hydrogens (tertiary/aromatic N) is 5. The monoisotopic (exact) mass is 350 g/mol. The van der Waals surface area contributed by atoms with Crippen molar-refractivity contribution in [1.29, 1.82) is 5.26 Å². The SMILES string of the molecule is Cc1cn(-c2ccn[nH]2)c2nc(N3CCOCC3)cc(C(C)(C)C#N)c12. The minimum Gasteiger partial charge on any atom is -0.378 e. The van der Waals surface area contributed by atoms with Gasteiger partial charge in [0, 0.05) is 30.7 Å². The smallest absolute Gasteiger partial charge is 0.148 e. The van der Waals surface area contributed by atoms with E-state index >= 15 is 0 Å². The lowest BCUT2D eigenvalue weighted by Gasteiger charge is -2.29. The number of aromatic nitrogens is 4. The van der Waals surface area contributed by atoms with Gasteiger partial charge in [-0.15, -0.1) is 0 Å². The van der Waals surface area contributed by atoms with E-state index in [0.29, 0.717) is 13.2 Å². The molecule has 7 nitrogen and oxygen atoms in total. The summed E-state index contributed by atoms with van der Waals surface area (Å²) >= 11 is 0. The quantitative estimate of drug-likeness (QED) is 0.785. The summed E-state index contributed by atoms with van der Waals surface area (Å²) in [4.78, 5) is 7.18. The van der Waals surface area contributed by atoms with Gasteiger partial charge in [0.1, 0.15) is 17.3 Å². The van der Waals surface area contributed by atoms with Gasteiger partial charge < -0.3 is 9.64 Å². The Morgan fingerprint density at radius 2 is 2.08 bits per heavy atom. The molecule has 1 fully saturated rings. The number of nitriles is 1. The van der Waals surface area contributed by atoms with Gasteiger partial charge in [-0.25, -0.2) is 4.98 Å². The van der Waals surface area contributed by atoms with Crippen molar-refractivity contribution in [3.63, 3.8) is 0 Å². The van der Waals surface area contributed by atoms with Crippen LogP contribution in [0, 0.1) is 18.3 Å². The van der Waals surface area contributed by atoms with Crippen LogP contribution in [0.3, 0.4) is 0 Å². The number of pyridine rings is 1. The third-order valence-corrected chi connectivity index (χ3v) is 4.97. The van der Waals surface area contributed by atoms with Gasteiger partial charge in [0.2, 0.25) is 0 Å². The minimum absolute atomic E-state index is 0.618. The van der Waals surface area contributed by atoms with E-state index in [2.05, 4.69) is 34.2 Å². The van der Waals surface area contributed by atoms with E-state index in [1.165, 1.54) is 0 Å². The average molecular weight is 350 g/mol. The number of hydrogen-bond acceptors (Lipinski definition) is 5. The zero-order valence-corrected chi connectivity index (χ0v) is 15.3. The molecule has 0 atom stereocenters. The number of rotatable bonds is 3. The highest BCUT2D eigenvalue weighted by Gasteiger charge is 2.28. The first-order chi connectivity index (χ1) is 12.5. The molecule has 7 heteroatoms. The molecule has 0 spiro atoms. The molecule has 0 radical (unpaired) electrons. The molecule has 0 aromatic carbocycles. The number of morpholine rings is 1. The molecule has 1 aliphatic heterocycles. The second-order valence-electron chi connectivity index (χ2n) is 7.19. The Balaban J connectivity index is 2.00. The van der Waals surface area contributed by atoms with E-state index in [1.54, 1.807) is 6.20 Å². The number of nitrogens with one attached hydrogen (secondary N) is 1. The van der Waals surface area contributed by atoms with Crippen LogP contribution in [0.25, 0.3) is 16.9 Å². The molecule has 0 unspecified atom stereocenters. The lowest BCUT2D eigenvalue weighted by atomic mass is 9.84. The molecule has 4 rings (SSSR count). The lowest BCUT2D eigenvalue weighted by molar-refractivity contribution is 0.122. The summed E-state index contributed by atoms with van der Waals surface area (Å²) in [6.45, 7) is 8.95. The summed E-state index contributed by atoms with van der Waals surface area (Å²) in [6.07, 6.45) is 3.77. The Morgan fingerprint density at radius 1 is 1.31 bits per heavy atom. The van der Waals surface area contributed by atoms with E-state index < -0.39 is 5.41 Å². The van der Waals surface area contributed by atoms with Crippen LogP contribution in [-0.2, 0) is 10.2 Å². The van der Waals surface area contributed by atoms with Crippen LogP contribution in [0.4, 0.5) is 5.82 Å². The van der Waals surface area contributed by atoms with Crippen LogP contribution in [0.5, 0.6) is 0 Å². The Morgan fingerprint density at radius 3 is 2.73 bits per heavy atom. The maximum absolute atomic E-state index is 9.76. The number of aryl methyl sites for hydroxylation is 1. The molecular weight excluding hydrogens is 328 g/mol. The van der Waals surface area contributed by atoms with Gasteiger partial charge >= 0.3 is 0 Å². The molecule has 3 aromatic heterocycles. The van der Waals surface area contributed by atoms with Crippen LogP contribution in [-0.4, -0.2) is 46.1 Å². The van der Waals surface area contributed by atoms with Crippen molar-refractivity contribution in [3.8, 4) is 11.9 Å². The number of ether oxygens (including phenoxy) is 1. The molecular formula is C19H22N6O. The van der Waals surface area contributed by atoms with Crippen molar-refractivity contribution in [2.75, 3.05) is 31.2 Å². The summed E-state index contributed by atoms with van der Waals surface area (Å²) in [5.74, 6) is 1.74. The Bertz CT molecular complexity index is 974. The second kappa shape index (κ2) is 6.15. The highest BCUT2D eigenvalue weighted by atomic mass is 16.5. The van der Waals surface area contributed by atoms with Crippen molar-refractivity contribution >= 4 is 16.9 Å². The molecule has 134 valence electrons. The fraction of sp³-hybridized carbons (Fsp3) is 0.421. The third-order valence-electron chi connectivity index (χ3n) is 4.97. The van der Waals surface area contributed by atoms with Gasteiger partial charge in [0.25, 0.3) is 0 Å². The fourth-order valence-corrected chi connectivity index (χ4v) is 3.47. The summed E-state index contributed by atoms with van der Waals surface area (Å²) in [5.41, 5.74) is 2.32. The minimum atomic E-state index is -0.618. The predicted octanol–water partition coefficient (Wildman–Crippen LogP) is 2.69. The third kappa shape index (κ3) is 2.63. The first-order valence-electron chi connectivity index (χ1n) is 8.78. The van der Waals surface area contributed by atoms with E-state index in [1.807, 2.05) is 30.7 Å². The predicted molar refractivity (Wildman–Crippen MR) is 99.6 cm³/mol. The van der Waals surface area contributed by atoms with Gasteiger partial charge in [-0.2, -0.15) is 10.4 Å². The zero-order valence-electron chi connectivity index (χ0n) is 15.3. The molecule has 0 bridgehead atoms. The van der Waals surface area contributed by atoms with Crippen LogP contribution in [0.2, 0.25) is 0 Å². The molecule has 0 saturated carbocycles. The Hall–Kier alpha value is -2.85. The van der Waals surface area contributed by atoms with Crippen molar-refractivity contribution in [1.82, 2.24) is 19.7 Å². The van der Waals surface area contributed by atoms with Gasteiger partial charge in [-0.3, -0.25) is 9.67 Å². The number of fused-ring (bicyclic) bond motifs is 1. The van der Waals surface area contributed by atoms with Gasteiger partial charge in [-0.05, 0) is 38.0 Å². The molecule has 1 saturated heterocycles. The number of aromatic amines is 1. The first-order valence-corrected chi connectivity index (χ1v) is 8.78. The van der Waals surface area contributed by atoms with Crippen molar-refractivity contribution in [2.45, 2.75) is 26.2 Å². The summed E-state index contributed by atoms with van der Waals surface area (Å²) in [6, 6.07) is 6.44. The van der Waals surface area contributed by atoms with E-state index in [0.717, 1.165) is 46.9 Å². The van der Waals surface area contributed by atoms with Gasteiger partial charge in [0.15, 0.2) is 0 Å². The number of H-pyrrole nitrogens is 1. The second-order valence-corrected chi connectivity index (χ2v) is 7.19. The maximum Gasteiger partial charge on any atom is 0.148 e. The van der Waals surface area contributed by atoms with E-state index in [9.17, 15) is 5.26 Å². The van der Waals surface area contributed by atoms with Crippen molar-refractivity contribution in [3.05, 3.63) is 35.7 Å². The molecule has 3 aromatic rings. The standard InChI is InChI=1S/C19H22N6O/c1-13-11-25(15-4-5-21-23-15)18-17(13)14(19(2,3)12-20)10-16(22-18)24-6-8-26-9-7-24/h4-5,10-11H,6-9H2,1-3H3,(H,21,23). The molecule has 26 heavy (non-hydrogen) atoms. The maximum atomic E-state index is 9.76. The van der Waals surface area contributed by atoms with Gasteiger partial charge in [0.05, 0.1) is 30.9 Å². The van der Waals surface area contributed by atoms with E-state index in [-0.39, 0.29) is 0 Å². The van der Waals surface area contributed by atoms with Crippen LogP contribution in [0.1, 0.15) is 25.0 Å². The molecule has 0 amide bonds. The van der Waals surface area contributed by atoms with Crippen LogP contribution < -0.4 is 4.90 Å². The summed E-state index contributed by atoms with van der Waals surface area (Å²) < 4.78 is 7.49. The Labute approximate surface area is 152 Å². The molecule has 1 N–H and O–H groups in total. The Kier molecular flexibility index (Phi) is 3.93. The van der Waals surface area contributed by atoms with Crippen molar-refractivity contribution < 1.29 is 4.74 Å². The van der Waals surface area contributed by atoms with Crippen LogP contribution >= 0.6 is 0 Å². The summed E-state index contributed by atoms with van der Waals surface area (Å²) in [7, 11) is 0. The normalized spacial score (nSPS) is 15.4. The topological polar surface area (TPSA) is 82.8 Å². The highest BCUT2D eigenvalue weighted by Crippen LogP contribution is 2.36. The number of hydrogen-bond donors (Lipinski definition) is 1. The molecule has 1 aliphatic rings. The lowest BCUT2D eigenvalue weighted by Crippen LogP contribution is -2.37. The van der Waals surface area contributed by atoms with Crippen molar-refractivity contribution in [2.24, 2.45) is 0 Å². The largest absolute Gasteiger partial charge is 0.378 e. The number of anilines is 1. The molecule has 4 heterocycles. The van der Waals surface area contributed by atoms with Crippen LogP contribution in [0.15, 0.2) is 24.5 Å². The van der Waals surface area contributed by atoms with E-state index in [4.69, 9.17) is 9.72 Å². The first kappa shape index (κ1) is 16.6. The highest BCUT2D eigenvalue weighted by molar-refractivity contribution is 5.88. The molecule has 0 aliphatic carbocycles. The fourth-order valence-electron chi connectivity index (χ4n) is 3.47. The average Bonchev–Trinajstić information content (AvgIpc) is 3.30. The zero-order chi connectivity index (χ0) is 18.3. The summed E-state index contributed by atoms with van der Waals surface area (Å²) in [5, 5.41) is 17.9.